The van der Waals surface area contributed by atoms with E-state index < -0.39 is 0 Å². The van der Waals surface area contributed by atoms with Gasteiger partial charge in [-0.1, -0.05) is 6.08 Å². The first-order chi connectivity index (χ1) is 5.70. The van der Waals surface area contributed by atoms with Gasteiger partial charge in [0.05, 0.1) is 12.0 Å². The van der Waals surface area contributed by atoms with E-state index in [1.54, 1.807) is 25.2 Å². The predicted molar refractivity (Wildman–Crippen MR) is 49.9 cm³/mol. The van der Waals surface area contributed by atoms with Crippen LogP contribution in [0.2, 0.25) is 0 Å². The van der Waals surface area contributed by atoms with Crippen LogP contribution in [-0.4, -0.2) is 16.8 Å². The Balaban J connectivity index is 4.27. The van der Waals surface area contributed by atoms with Crippen molar-refractivity contribution < 1.29 is 10.2 Å². The molecule has 3 nitrogen and oxygen atoms in total. The van der Waals surface area contributed by atoms with Gasteiger partial charge in [-0.25, -0.2) is 0 Å². The first-order valence-corrected chi connectivity index (χ1v) is 3.78. The van der Waals surface area contributed by atoms with Crippen molar-refractivity contribution in [2.75, 3.05) is 6.54 Å². The first-order valence-electron chi connectivity index (χ1n) is 3.78. The van der Waals surface area contributed by atoms with Crippen molar-refractivity contribution >= 4 is 0 Å². The number of aliphatic hydroxyl groups excluding tert-OH is 2. The second-order valence-electron chi connectivity index (χ2n) is 2.40. The minimum atomic E-state index is 0.232. The van der Waals surface area contributed by atoms with Crippen LogP contribution in [-0.2, 0) is 0 Å². The Morgan fingerprint density at radius 1 is 1.42 bits per heavy atom. The normalized spacial score (nSPS) is 14.2. The van der Waals surface area contributed by atoms with Crippen LogP contribution in [0.1, 0.15) is 13.3 Å². The van der Waals surface area contributed by atoms with Gasteiger partial charge in [0.15, 0.2) is 0 Å². The third-order valence-electron chi connectivity index (χ3n) is 1.26. The summed E-state index contributed by atoms with van der Waals surface area (Å²) in [5.41, 5.74) is 6.21. The van der Waals surface area contributed by atoms with Gasteiger partial charge in [-0.15, -0.1) is 0 Å². The molecular formula is C9H15NO2. The second-order valence-corrected chi connectivity index (χ2v) is 2.40. The molecule has 0 bridgehead atoms. The average molecular weight is 169 g/mol. The summed E-state index contributed by atoms with van der Waals surface area (Å²) in [7, 11) is 0. The van der Waals surface area contributed by atoms with E-state index in [1.807, 2.05) is 0 Å². The van der Waals surface area contributed by atoms with E-state index in [-0.39, 0.29) is 5.76 Å². The standard InChI is InChI=1S/C9H15NO2/c1-8(12)2-3-9(4-6-10)5-7-11/h2-3,5,7,11-12H,4,6,10H2,1H3/b7-5+,8-2+,9-3-. The maximum absolute atomic E-state index is 8.84. The second kappa shape index (κ2) is 6.49. The SMILES string of the molecule is C\C(O)=C/C=C(\C=C\O)CCN. The lowest BCUT2D eigenvalue weighted by atomic mass is 10.1. The smallest absolute Gasteiger partial charge is 0.0891 e. The summed E-state index contributed by atoms with van der Waals surface area (Å²) in [6.07, 6.45) is 6.47. The monoisotopic (exact) mass is 169 g/mol. The lowest BCUT2D eigenvalue weighted by Gasteiger charge is -1.96. The highest BCUT2D eigenvalue weighted by molar-refractivity contribution is 5.23. The topological polar surface area (TPSA) is 66.5 Å². The Morgan fingerprint density at radius 2 is 2.08 bits per heavy atom. The molecule has 0 heterocycles. The van der Waals surface area contributed by atoms with Crippen molar-refractivity contribution in [2.24, 2.45) is 5.73 Å². The Kier molecular flexibility index (Phi) is 5.83. The van der Waals surface area contributed by atoms with Crippen LogP contribution in [0.5, 0.6) is 0 Å². The maximum Gasteiger partial charge on any atom is 0.0891 e. The summed E-state index contributed by atoms with van der Waals surface area (Å²) in [6.45, 7) is 2.10. The van der Waals surface area contributed by atoms with E-state index in [0.717, 1.165) is 11.8 Å². The van der Waals surface area contributed by atoms with E-state index in [9.17, 15) is 0 Å². The van der Waals surface area contributed by atoms with Gasteiger partial charge in [-0.05, 0) is 37.6 Å². The highest BCUT2D eigenvalue weighted by atomic mass is 16.3. The van der Waals surface area contributed by atoms with Crippen LogP contribution < -0.4 is 5.73 Å². The van der Waals surface area contributed by atoms with E-state index in [2.05, 4.69) is 0 Å². The van der Waals surface area contributed by atoms with Gasteiger partial charge < -0.3 is 15.9 Å². The van der Waals surface area contributed by atoms with E-state index in [1.165, 1.54) is 0 Å². The van der Waals surface area contributed by atoms with Gasteiger partial charge in [-0.2, -0.15) is 0 Å². The molecule has 12 heavy (non-hydrogen) atoms. The Hall–Kier alpha value is -1.22. The molecule has 4 N–H and O–H groups in total. The maximum atomic E-state index is 8.84. The fourth-order valence-electron chi connectivity index (χ4n) is 0.712. The minimum Gasteiger partial charge on any atom is -0.516 e. The van der Waals surface area contributed by atoms with Crippen LogP contribution in [0.25, 0.3) is 0 Å². The fourth-order valence-corrected chi connectivity index (χ4v) is 0.712. The van der Waals surface area contributed by atoms with Gasteiger partial charge in [0.2, 0.25) is 0 Å². The number of rotatable bonds is 4. The molecule has 0 aromatic carbocycles. The summed E-state index contributed by atoms with van der Waals surface area (Å²) in [6, 6.07) is 0. The van der Waals surface area contributed by atoms with Crippen molar-refractivity contribution in [2.45, 2.75) is 13.3 Å². The summed E-state index contributed by atoms with van der Waals surface area (Å²) in [5, 5.41) is 17.3. The molecule has 0 aliphatic rings. The van der Waals surface area contributed by atoms with E-state index >= 15 is 0 Å². The van der Waals surface area contributed by atoms with Crippen molar-refractivity contribution in [3.05, 3.63) is 35.8 Å². The van der Waals surface area contributed by atoms with Crippen LogP contribution in [0.15, 0.2) is 35.8 Å². The van der Waals surface area contributed by atoms with Gasteiger partial charge >= 0.3 is 0 Å². The molecule has 0 fully saturated rings. The number of aliphatic hydroxyl groups is 2. The van der Waals surface area contributed by atoms with Gasteiger partial charge in [0, 0.05) is 0 Å². The molecule has 0 amide bonds. The number of hydrogen-bond donors (Lipinski definition) is 3. The summed E-state index contributed by atoms with van der Waals surface area (Å²) < 4.78 is 0. The molecule has 0 aromatic rings. The molecule has 0 rings (SSSR count). The zero-order valence-corrected chi connectivity index (χ0v) is 7.20. The third kappa shape index (κ3) is 5.56. The van der Waals surface area contributed by atoms with Gasteiger partial charge in [-0.3, -0.25) is 0 Å². The Labute approximate surface area is 72.5 Å². The molecule has 0 saturated carbocycles. The van der Waals surface area contributed by atoms with Crippen LogP contribution >= 0.6 is 0 Å². The Morgan fingerprint density at radius 3 is 2.50 bits per heavy atom. The summed E-state index contributed by atoms with van der Waals surface area (Å²) in [5.74, 6) is 0.232. The molecule has 0 unspecified atom stereocenters. The predicted octanol–water partition coefficient (Wildman–Crippen LogP) is 1.80. The lowest BCUT2D eigenvalue weighted by Crippen LogP contribution is -1.98. The van der Waals surface area contributed by atoms with Crippen molar-refractivity contribution in [1.29, 1.82) is 0 Å². The van der Waals surface area contributed by atoms with Gasteiger partial charge in [0.25, 0.3) is 0 Å². The molecule has 0 aliphatic heterocycles. The largest absolute Gasteiger partial charge is 0.516 e. The summed E-state index contributed by atoms with van der Waals surface area (Å²) >= 11 is 0. The Bertz CT molecular complexity index is 201. The zero-order valence-electron chi connectivity index (χ0n) is 7.20. The summed E-state index contributed by atoms with van der Waals surface area (Å²) in [4.78, 5) is 0. The van der Waals surface area contributed by atoms with Gasteiger partial charge in [0.1, 0.15) is 0 Å². The number of allylic oxidation sites excluding steroid dienone is 4. The van der Waals surface area contributed by atoms with Crippen molar-refractivity contribution in [3.8, 4) is 0 Å². The molecule has 3 heteroatoms. The molecule has 0 aliphatic carbocycles. The van der Waals surface area contributed by atoms with E-state index in [4.69, 9.17) is 15.9 Å². The first kappa shape index (κ1) is 10.8. The van der Waals surface area contributed by atoms with Crippen LogP contribution in [0.3, 0.4) is 0 Å². The minimum absolute atomic E-state index is 0.232. The number of hydrogen-bond acceptors (Lipinski definition) is 3. The highest BCUT2D eigenvalue weighted by Crippen LogP contribution is 2.02. The highest BCUT2D eigenvalue weighted by Gasteiger charge is 1.88. The zero-order chi connectivity index (χ0) is 9.40. The van der Waals surface area contributed by atoms with Crippen molar-refractivity contribution in [3.63, 3.8) is 0 Å². The molecule has 0 spiro atoms. The van der Waals surface area contributed by atoms with Crippen molar-refractivity contribution in [1.82, 2.24) is 0 Å². The third-order valence-corrected chi connectivity index (χ3v) is 1.26. The fraction of sp³-hybridized carbons (Fsp3) is 0.333. The molecule has 0 saturated heterocycles. The van der Waals surface area contributed by atoms with Crippen LogP contribution in [0, 0.1) is 0 Å². The molecule has 68 valence electrons. The lowest BCUT2D eigenvalue weighted by molar-refractivity contribution is 0.414. The molecular weight excluding hydrogens is 154 g/mol. The molecule has 0 radical (unpaired) electrons. The quantitative estimate of drug-likeness (QED) is 0.444. The number of nitrogens with two attached hydrogens (primary N) is 1. The van der Waals surface area contributed by atoms with Crippen LogP contribution in [0.4, 0.5) is 0 Å². The molecule has 0 aromatic heterocycles. The average Bonchev–Trinajstić information content (AvgIpc) is 2.01. The van der Waals surface area contributed by atoms with E-state index in [0.29, 0.717) is 13.0 Å². The molecule has 0 atom stereocenters.